The van der Waals surface area contributed by atoms with Gasteiger partial charge in [-0.2, -0.15) is 24.4 Å². The monoisotopic (exact) mass is 509 g/mol. The first-order valence-electron chi connectivity index (χ1n) is 10.2. The molecule has 0 aliphatic rings. The van der Waals surface area contributed by atoms with E-state index in [0.29, 0.717) is 12.2 Å². The van der Waals surface area contributed by atoms with Gasteiger partial charge in [0.25, 0.3) is 0 Å². The number of aliphatic hydroxyl groups excluding tert-OH is 1. The second kappa shape index (κ2) is 16.4. The predicted molar refractivity (Wildman–Crippen MR) is 130 cm³/mol. The topological polar surface area (TPSA) is 235 Å². The van der Waals surface area contributed by atoms with E-state index in [0.717, 1.165) is 0 Å². The lowest BCUT2D eigenvalue weighted by Gasteiger charge is -2.25. The Labute approximate surface area is 202 Å². The Morgan fingerprint density at radius 3 is 1.97 bits per heavy atom. The van der Waals surface area contributed by atoms with E-state index in [-0.39, 0.29) is 31.1 Å². The van der Waals surface area contributed by atoms with Gasteiger partial charge in [-0.1, -0.05) is 0 Å². The van der Waals surface area contributed by atoms with E-state index in [2.05, 4.69) is 33.6 Å². The third-order valence-corrected chi connectivity index (χ3v) is 5.45. The third-order valence-electron chi connectivity index (χ3n) is 4.44. The van der Waals surface area contributed by atoms with Gasteiger partial charge >= 0.3 is 5.97 Å². The molecule has 11 N–H and O–H groups in total. The number of nitrogens with zero attached hydrogens (tertiary/aromatic N) is 1. The molecule has 0 aromatic heterocycles. The first-order valence-corrected chi connectivity index (χ1v) is 12.2. The molecule has 0 aliphatic heterocycles. The van der Waals surface area contributed by atoms with Gasteiger partial charge in [0, 0.05) is 12.3 Å². The number of thioether (sulfide) groups is 1. The first kappa shape index (κ1) is 30.8. The van der Waals surface area contributed by atoms with Gasteiger partial charge in [0.1, 0.15) is 24.2 Å². The SMILES string of the molecule is CSCCC(NC(=O)C(N)C(C)O)C(=O)NC(CCCN=C(N)N)C(=O)NC(CS)C(=O)O. The van der Waals surface area contributed by atoms with E-state index >= 15 is 0 Å². The summed E-state index contributed by atoms with van der Waals surface area (Å²) in [5.41, 5.74) is 16.2. The Hall–Kier alpha value is -2.23. The van der Waals surface area contributed by atoms with Crippen LogP contribution in [0.25, 0.3) is 0 Å². The molecular weight excluding hydrogens is 474 g/mol. The minimum Gasteiger partial charge on any atom is -0.480 e. The van der Waals surface area contributed by atoms with Crippen LogP contribution in [0.5, 0.6) is 0 Å². The summed E-state index contributed by atoms with van der Waals surface area (Å²) in [5.74, 6) is -3.15. The molecule has 0 aromatic rings. The number of aliphatic hydroxyl groups is 1. The van der Waals surface area contributed by atoms with Crippen LogP contribution in [-0.4, -0.2) is 94.4 Å². The Morgan fingerprint density at radius 1 is 1.00 bits per heavy atom. The lowest BCUT2D eigenvalue weighted by Crippen LogP contribution is -2.58. The number of thiol groups is 1. The predicted octanol–water partition coefficient (Wildman–Crippen LogP) is -3.03. The molecule has 0 aromatic carbocycles. The zero-order chi connectivity index (χ0) is 25.6. The van der Waals surface area contributed by atoms with Crippen molar-refractivity contribution in [3.8, 4) is 0 Å². The maximum absolute atomic E-state index is 12.9. The van der Waals surface area contributed by atoms with Crippen molar-refractivity contribution in [1.82, 2.24) is 16.0 Å². The first-order chi connectivity index (χ1) is 15.4. The van der Waals surface area contributed by atoms with Gasteiger partial charge in [-0.15, -0.1) is 0 Å². The average Bonchev–Trinajstić information content (AvgIpc) is 2.75. The van der Waals surface area contributed by atoms with Crippen molar-refractivity contribution in [2.75, 3.05) is 24.3 Å². The molecule has 0 rings (SSSR count). The molecule has 0 saturated heterocycles. The van der Waals surface area contributed by atoms with Gasteiger partial charge in [-0.05, 0) is 38.2 Å². The molecule has 0 heterocycles. The number of carbonyl (C=O) groups excluding carboxylic acids is 3. The second-order valence-electron chi connectivity index (χ2n) is 7.20. The maximum atomic E-state index is 12.9. The number of hydrogen-bond donors (Lipinski definition) is 9. The number of hydrogen-bond acceptors (Lipinski definition) is 9. The molecule has 5 atom stereocenters. The number of guanidine groups is 1. The van der Waals surface area contributed by atoms with Crippen molar-refractivity contribution in [2.45, 2.75) is 56.5 Å². The molecule has 0 fully saturated rings. The van der Waals surface area contributed by atoms with Crippen molar-refractivity contribution in [1.29, 1.82) is 0 Å². The van der Waals surface area contributed by atoms with Crippen molar-refractivity contribution < 1.29 is 29.4 Å². The Bertz CT molecular complexity index is 691. The van der Waals surface area contributed by atoms with Crippen LogP contribution in [0.1, 0.15) is 26.2 Å². The number of carboxylic acid groups (broad SMARTS) is 1. The average molecular weight is 510 g/mol. The van der Waals surface area contributed by atoms with E-state index in [1.165, 1.54) is 18.7 Å². The molecule has 15 heteroatoms. The lowest BCUT2D eigenvalue weighted by atomic mass is 10.1. The fourth-order valence-electron chi connectivity index (χ4n) is 2.49. The van der Waals surface area contributed by atoms with Crippen LogP contribution in [0.4, 0.5) is 0 Å². The van der Waals surface area contributed by atoms with Gasteiger partial charge in [0.15, 0.2) is 5.96 Å². The number of aliphatic imine (C=N–C) groups is 1. The fourth-order valence-corrected chi connectivity index (χ4v) is 3.21. The minimum atomic E-state index is -1.28. The molecule has 5 unspecified atom stereocenters. The van der Waals surface area contributed by atoms with Crippen LogP contribution in [0, 0.1) is 0 Å². The van der Waals surface area contributed by atoms with Crippen LogP contribution < -0.4 is 33.2 Å². The number of rotatable bonds is 16. The van der Waals surface area contributed by atoms with Crippen molar-refractivity contribution in [2.24, 2.45) is 22.2 Å². The van der Waals surface area contributed by atoms with Crippen LogP contribution in [0.3, 0.4) is 0 Å². The molecule has 0 spiro atoms. The van der Waals surface area contributed by atoms with Gasteiger partial charge in [-0.25, -0.2) is 4.79 Å². The highest BCUT2D eigenvalue weighted by molar-refractivity contribution is 7.98. The minimum absolute atomic E-state index is 0.101. The summed E-state index contributed by atoms with van der Waals surface area (Å²) in [6, 6.07) is -4.63. The third kappa shape index (κ3) is 12.6. The Balaban J connectivity index is 5.48. The molecular formula is C18H35N7O6S2. The van der Waals surface area contributed by atoms with E-state index in [1.54, 1.807) is 0 Å². The van der Waals surface area contributed by atoms with Crippen molar-refractivity contribution in [3.05, 3.63) is 0 Å². The van der Waals surface area contributed by atoms with E-state index in [9.17, 15) is 24.3 Å². The quantitative estimate of drug-likeness (QED) is 0.0441. The number of aliphatic carboxylic acids is 1. The summed E-state index contributed by atoms with van der Waals surface area (Å²) in [5, 5.41) is 26.0. The highest BCUT2D eigenvalue weighted by Crippen LogP contribution is 2.06. The number of nitrogens with two attached hydrogens (primary N) is 3. The van der Waals surface area contributed by atoms with Crippen LogP contribution >= 0.6 is 24.4 Å². The highest BCUT2D eigenvalue weighted by Gasteiger charge is 2.30. The van der Waals surface area contributed by atoms with E-state index in [1.807, 2.05) is 6.26 Å². The summed E-state index contributed by atoms with van der Waals surface area (Å²) in [4.78, 5) is 52.9. The zero-order valence-electron chi connectivity index (χ0n) is 18.7. The highest BCUT2D eigenvalue weighted by atomic mass is 32.2. The van der Waals surface area contributed by atoms with Crippen LogP contribution in [0.15, 0.2) is 4.99 Å². The lowest BCUT2D eigenvalue weighted by molar-refractivity contribution is -0.141. The number of carboxylic acids is 1. The maximum Gasteiger partial charge on any atom is 0.327 e. The summed E-state index contributed by atoms with van der Waals surface area (Å²) < 4.78 is 0. The molecule has 13 nitrogen and oxygen atoms in total. The largest absolute Gasteiger partial charge is 0.480 e. The standard InChI is InChI=1S/C18H35N7O6S2/c1-9(26)13(19)16(29)24-11(5-7-33-2)15(28)23-10(4-3-6-22-18(20)21)14(27)25-12(8-32)17(30)31/h9-13,26,32H,3-8,19H2,1-2H3,(H,23,28)(H,24,29)(H,25,27)(H,30,31)(H4,20,21,22). The molecule has 190 valence electrons. The molecule has 33 heavy (non-hydrogen) atoms. The summed E-state index contributed by atoms with van der Waals surface area (Å²) in [6.07, 6.45) is 1.34. The molecule has 0 radical (unpaired) electrons. The van der Waals surface area contributed by atoms with Gasteiger partial charge in [0.2, 0.25) is 17.7 Å². The Kier molecular flexibility index (Phi) is 15.3. The summed E-state index contributed by atoms with van der Waals surface area (Å²) in [7, 11) is 0. The molecule has 3 amide bonds. The normalized spacial score (nSPS) is 15.3. The molecule has 0 saturated carbocycles. The number of nitrogens with one attached hydrogen (secondary N) is 3. The van der Waals surface area contributed by atoms with E-state index < -0.39 is 54.0 Å². The number of amides is 3. The van der Waals surface area contributed by atoms with Gasteiger partial charge < -0.3 is 43.4 Å². The molecule has 0 bridgehead atoms. The van der Waals surface area contributed by atoms with Crippen molar-refractivity contribution >= 4 is 54.0 Å². The second-order valence-corrected chi connectivity index (χ2v) is 8.55. The smallest absolute Gasteiger partial charge is 0.327 e. The van der Waals surface area contributed by atoms with Gasteiger partial charge in [-0.3, -0.25) is 19.4 Å². The van der Waals surface area contributed by atoms with Crippen molar-refractivity contribution in [3.63, 3.8) is 0 Å². The molecule has 0 aliphatic carbocycles. The van der Waals surface area contributed by atoms with Crippen LogP contribution in [0.2, 0.25) is 0 Å². The van der Waals surface area contributed by atoms with Gasteiger partial charge in [0.05, 0.1) is 6.10 Å². The number of carbonyl (C=O) groups is 4. The van der Waals surface area contributed by atoms with E-state index in [4.69, 9.17) is 22.3 Å². The summed E-state index contributed by atoms with van der Waals surface area (Å²) in [6.45, 7) is 1.53. The fraction of sp³-hybridized carbons (Fsp3) is 0.722. The zero-order valence-corrected chi connectivity index (χ0v) is 20.4. The summed E-state index contributed by atoms with van der Waals surface area (Å²) >= 11 is 5.35. The Morgan fingerprint density at radius 2 is 1.52 bits per heavy atom. The van der Waals surface area contributed by atoms with Crippen LogP contribution in [-0.2, 0) is 19.2 Å².